The van der Waals surface area contributed by atoms with Gasteiger partial charge in [0.15, 0.2) is 0 Å². The largest absolute Gasteiger partial charge is 0.465 e. The molecule has 0 saturated carbocycles. The molecule has 0 saturated heterocycles. The van der Waals surface area contributed by atoms with Gasteiger partial charge in [0.1, 0.15) is 11.4 Å². The monoisotopic (exact) mass is 239 g/mol. The van der Waals surface area contributed by atoms with E-state index in [1.54, 1.807) is 32.9 Å². The van der Waals surface area contributed by atoms with E-state index in [0.29, 0.717) is 13.2 Å². The molecule has 94 valence electrons. The third-order valence-corrected chi connectivity index (χ3v) is 2.41. The lowest BCUT2D eigenvalue weighted by Crippen LogP contribution is -2.47. The lowest BCUT2D eigenvalue weighted by atomic mass is 10.1. The van der Waals surface area contributed by atoms with Crippen LogP contribution in [0.4, 0.5) is 4.39 Å². The third kappa shape index (κ3) is 4.15. The summed E-state index contributed by atoms with van der Waals surface area (Å²) in [4.78, 5) is 11.6. The molecule has 1 N–H and O–H groups in total. The van der Waals surface area contributed by atoms with Gasteiger partial charge < -0.3 is 4.74 Å². The van der Waals surface area contributed by atoms with Crippen molar-refractivity contribution in [1.82, 2.24) is 5.32 Å². The average molecular weight is 239 g/mol. The van der Waals surface area contributed by atoms with E-state index >= 15 is 0 Å². The minimum absolute atomic E-state index is 0.279. The fourth-order valence-corrected chi connectivity index (χ4v) is 1.35. The molecular formula is C13H18FNO2. The average Bonchev–Trinajstić information content (AvgIpc) is 2.27. The second-order valence-corrected chi connectivity index (χ2v) is 4.33. The Morgan fingerprint density at radius 1 is 1.47 bits per heavy atom. The number of carbonyl (C=O) groups excluding carboxylic acids is 1. The Morgan fingerprint density at radius 3 is 2.76 bits per heavy atom. The fraction of sp³-hybridized carbons (Fsp3) is 0.462. The van der Waals surface area contributed by atoms with Crippen molar-refractivity contribution in [2.24, 2.45) is 0 Å². The molecule has 0 fully saturated rings. The molecule has 4 heteroatoms. The Bertz CT molecular complexity index is 391. The number of hydrogen-bond donors (Lipinski definition) is 1. The van der Waals surface area contributed by atoms with Gasteiger partial charge in [-0.15, -0.1) is 0 Å². The van der Waals surface area contributed by atoms with E-state index in [-0.39, 0.29) is 11.8 Å². The lowest BCUT2D eigenvalue weighted by Gasteiger charge is -2.23. The molecule has 0 aliphatic rings. The van der Waals surface area contributed by atoms with Crippen molar-refractivity contribution >= 4 is 5.97 Å². The summed E-state index contributed by atoms with van der Waals surface area (Å²) in [5, 5.41) is 3.05. The van der Waals surface area contributed by atoms with E-state index in [2.05, 4.69) is 5.32 Å². The summed E-state index contributed by atoms with van der Waals surface area (Å²) in [6, 6.07) is 6.27. The zero-order valence-electron chi connectivity index (χ0n) is 10.4. The second kappa shape index (κ2) is 5.77. The quantitative estimate of drug-likeness (QED) is 0.801. The summed E-state index contributed by atoms with van der Waals surface area (Å²) in [5.41, 5.74) is 0.0184. The summed E-state index contributed by atoms with van der Waals surface area (Å²) < 4.78 is 17.9. The van der Waals surface area contributed by atoms with Crippen molar-refractivity contribution in [2.45, 2.75) is 32.9 Å². The second-order valence-electron chi connectivity index (χ2n) is 4.33. The predicted molar refractivity (Wildman–Crippen MR) is 64.0 cm³/mol. The number of nitrogens with one attached hydrogen (secondary N) is 1. The summed E-state index contributed by atoms with van der Waals surface area (Å²) in [5.74, 6) is -0.588. The van der Waals surface area contributed by atoms with Crippen LogP contribution in [0.25, 0.3) is 0 Å². The molecule has 0 aromatic heterocycles. The van der Waals surface area contributed by atoms with Gasteiger partial charge in [-0.2, -0.15) is 0 Å². The highest BCUT2D eigenvalue weighted by molar-refractivity contribution is 5.79. The normalized spacial score (nSPS) is 11.3. The smallest absolute Gasteiger partial charge is 0.325 e. The maximum atomic E-state index is 12.9. The van der Waals surface area contributed by atoms with E-state index in [1.807, 2.05) is 0 Å². The van der Waals surface area contributed by atoms with Crippen molar-refractivity contribution in [3.05, 3.63) is 35.6 Å². The van der Waals surface area contributed by atoms with Crippen LogP contribution in [0.2, 0.25) is 0 Å². The summed E-state index contributed by atoms with van der Waals surface area (Å²) in [6.07, 6.45) is 0. The molecule has 3 nitrogen and oxygen atoms in total. The highest BCUT2D eigenvalue weighted by atomic mass is 19.1. The number of carbonyl (C=O) groups is 1. The van der Waals surface area contributed by atoms with Gasteiger partial charge in [-0.3, -0.25) is 10.1 Å². The van der Waals surface area contributed by atoms with Crippen LogP contribution in [0.3, 0.4) is 0 Å². The first-order valence-electron chi connectivity index (χ1n) is 5.62. The van der Waals surface area contributed by atoms with Crippen molar-refractivity contribution in [1.29, 1.82) is 0 Å². The van der Waals surface area contributed by atoms with E-state index in [0.717, 1.165) is 5.56 Å². The SMILES string of the molecule is CCOC(=O)C(C)(C)NCc1cccc(F)c1. The number of hydrogen-bond acceptors (Lipinski definition) is 3. The molecule has 1 aromatic rings. The van der Waals surface area contributed by atoms with Crippen molar-refractivity contribution < 1.29 is 13.9 Å². The van der Waals surface area contributed by atoms with Gasteiger partial charge >= 0.3 is 5.97 Å². The fourth-order valence-electron chi connectivity index (χ4n) is 1.35. The standard InChI is InChI=1S/C13H18FNO2/c1-4-17-12(16)13(2,3)15-9-10-6-5-7-11(14)8-10/h5-8,15H,4,9H2,1-3H3. The first-order valence-corrected chi connectivity index (χ1v) is 5.62. The van der Waals surface area contributed by atoms with Crippen LogP contribution in [0.15, 0.2) is 24.3 Å². The van der Waals surface area contributed by atoms with Crippen LogP contribution in [-0.4, -0.2) is 18.1 Å². The van der Waals surface area contributed by atoms with Crippen molar-refractivity contribution in [2.75, 3.05) is 6.61 Å². The molecule has 0 aliphatic carbocycles. The van der Waals surface area contributed by atoms with Gasteiger partial charge in [-0.25, -0.2) is 4.39 Å². The number of ether oxygens (including phenoxy) is 1. The van der Waals surface area contributed by atoms with Gasteiger partial charge in [-0.05, 0) is 38.5 Å². The summed E-state index contributed by atoms with van der Waals surface area (Å²) >= 11 is 0. The van der Waals surface area contributed by atoms with Crippen LogP contribution in [0.5, 0.6) is 0 Å². The molecule has 0 heterocycles. The highest BCUT2D eigenvalue weighted by Gasteiger charge is 2.28. The Kier molecular flexibility index (Phi) is 4.63. The maximum Gasteiger partial charge on any atom is 0.325 e. The topological polar surface area (TPSA) is 38.3 Å². The minimum Gasteiger partial charge on any atom is -0.465 e. The van der Waals surface area contributed by atoms with Crippen molar-refractivity contribution in [3.63, 3.8) is 0 Å². The molecule has 0 spiro atoms. The Labute approximate surface area is 101 Å². The first-order chi connectivity index (χ1) is 7.95. The zero-order valence-corrected chi connectivity index (χ0v) is 10.4. The molecule has 1 aromatic carbocycles. The van der Waals surface area contributed by atoms with E-state index in [1.165, 1.54) is 12.1 Å². The third-order valence-electron chi connectivity index (χ3n) is 2.41. The van der Waals surface area contributed by atoms with Gasteiger partial charge in [0.2, 0.25) is 0 Å². The van der Waals surface area contributed by atoms with Crippen LogP contribution >= 0.6 is 0 Å². The first kappa shape index (κ1) is 13.6. The molecule has 0 bridgehead atoms. The summed E-state index contributed by atoms with van der Waals surface area (Å²) in [6.45, 7) is 6.02. The lowest BCUT2D eigenvalue weighted by molar-refractivity contribution is -0.149. The van der Waals surface area contributed by atoms with Crippen LogP contribution in [-0.2, 0) is 16.1 Å². The molecular weight excluding hydrogens is 221 g/mol. The van der Waals surface area contributed by atoms with E-state index < -0.39 is 5.54 Å². The molecule has 17 heavy (non-hydrogen) atoms. The maximum absolute atomic E-state index is 12.9. The van der Waals surface area contributed by atoms with E-state index in [9.17, 15) is 9.18 Å². The molecule has 0 unspecified atom stereocenters. The van der Waals surface area contributed by atoms with Gasteiger partial charge in [0.05, 0.1) is 6.61 Å². The number of rotatable bonds is 5. The molecule has 0 amide bonds. The highest BCUT2D eigenvalue weighted by Crippen LogP contribution is 2.09. The Hall–Kier alpha value is -1.42. The molecule has 0 atom stereocenters. The Balaban J connectivity index is 2.57. The minimum atomic E-state index is -0.775. The molecule has 0 radical (unpaired) electrons. The van der Waals surface area contributed by atoms with E-state index in [4.69, 9.17) is 4.74 Å². The zero-order chi connectivity index (χ0) is 12.9. The van der Waals surface area contributed by atoms with Gasteiger partial charge in [-0.1, -0.05) is 12.1 Å². The summed E-state index contributed by atoms with van der Waals surface area (Å²) in [7, 11) is 0. The number of esters is 1. The predicted octanol–water partition coefficient (Wildman–Crippen LogP) is 2.26. The molecule has 0 aliphatic heterocycles. The number of benzene rings is 1. The molecule has 1 rings (SSSR count). The van der Waals surface area contributed by atoms with Crippen LogP contribution in [0, 0.1) is 5.82 Å². The van der Waals surface area contributed by atoms with Crippen molar-refractivity contribution in [3.8, 4) is 0 Å². The Morgan fingerprint density at radius 2 is 2.18 bits per heavy atom. The van der Waals surface area contributed by atoms with Gasteiger partial charge in [0.25, 0.3) is 0 Å². The number of halogens is 1. The van der Waals surface area contributed by atoms with Crippen LogP contribution < -0.4 is 5.32 Å². The van der Waals surface area contributed by atoms with Crippen LogP contribution in [0.1, 0.15) is 26.3 Å². The van der Waals surface area contributed by atoms with Gasteiger partial charge in [0, 0.05) is 6.54 Å².